The van der Waals surface area contributed by atoms with Gasteiger partial charge in [0.25, 0.3) is 0 Å². The summed E-state index contributed by atoms with van der Waals surface area (Å²) < 4.78 is 14.6. The molecule has 0 amide bonds. The van der Waals surface area contributed by atoms with Gasteiger partial charge in [0.2, 0.25) is 0 Å². The minimum atomic E-state index is -0.398. The predicted octanol–water partition coefficient (Wildman–Crippen LogP) is 22.1. The summed E-state index contributed by atoms with van der Waals surface area (Å²) in [5.74, 6) is 1.46. The van der Waals surface area contributed by atoms with Crippen LogP contribution in [-0.2, 0) is 5.41 Å². The van der Waals surface area contributed by atoms with Crippen LogP contribution in [0.25, 0.3) is 98.6 Å². The summed E-state index contributed by atoms with van der Waals surface area (Å²) in [7, 11) is 0. The highest BCUT2D eigenvalue weighted by Gasteiger charge is 2.53. The van der Waals surface area contributed by atoms with Gasteiger partial charge < -0.3 is 18.6 Å². The lowest BCUT2D eigenvalue weighted by atomic mass is 9.58. The van der Waals surface area contributed by atoms with Gasteiger partial charge in [-0.05, 0) is 141 Å². The standard InChI is InChI=1S/C79H58N2O2/c1-46-42-43-79(5)63-45-56(51-22-11-7-12-23-51)35-41-67(63)81(74-73(79)69(46)49(4)70-61-28-16-19-48(3)76(61)83-78(70)74)65-39-33-54-30-36-59-64(38-32-53-31-37-60(65)72(54)71(53)59)80(68-29-17-27-58-57-26-15-18-47(2)75(57)82-77(58)68)66-40-34-55(50-20-9-6-10-21-50)44-62(66)52-24-13-8-14-25-52/h6-46,49,74H,1-5H3. The summed E-state index contributed by atoms with van der Waals surface area (Å²) in [5, 5.41) is 10.6. The topological polar surface area (TPSA) is 32.8 Å². The molecule has 2 aromatic heterocycles. The largest absolute Gasteiger partial charge is 0.458 e. The van der Waals surface area contributed by atoms with Gasteiger partial charge in [0.1, 0.15) is 23.0 Å². The van der Waals surface area contributed by atoms with Crippen LogP contribution in [0.15, 0.2) is 263 Å². The molecule has 14 aromatic rings. The third-order valence-electron chi connectivity index (χ3n) is 19.2. The molecule has 3 heterocycles. The van der Waals surface area contributed by atoms with Gasteiger partial charge in [-0.2, -0.15) is 0 Å². The quantitative estimate of drug-likeness (QED) is 0.118. The Balaban J connectivity index is 0.950. The molecule has 4 heteroatoms. The molecular formula is C79H58N2O2. The van der Waals surface area contributed by atoms with Crippen LogP contribution in [-0.4, -0.2) is 0 Å². The van der Waals surface area contributed by atoms with Crippen LogP contribution in [0, 0.1) is 19.8 Å². The number of nitrogens with zero attached hydrogens (tertiary/aromatic N) is 2. The molecular weight excluding hydrogens is 1010 g/mol. The van der Waals surface area contributed by atoms with E-state index < -0.39 is 5.41 Å². The number of hydrogen-bond donors (Lipinski definition) is 0. The van der Waals surface area contributed by atoms with E-state index in [1.807, 2.05) is 0 Å². The van der Waals surface area contributed by atoms with Gasteiger partial charge in [0.15, 0.2) is 5.58 Å². The maximum Gasteiger partial charge on any atom is 0.159 e. The average Bonchev–Trinajstić information content (AvgIpc) is 1.74. The molecule has 0 N–H and O–H groups in total. The molecule has 1 aliphatic heterocycles. The number of fused-ring (bicyclic) bond motifs is 9. The second-order valence-corrected chi connectivity index (χ2v) is 23.7. The fourth-order valence-corrected chi connectivity index (χ4v) is 15.3. The first-order valence-corrected chi connectivity index (χ1v) is 29.3. The smallest absolute Gasteiger partial charge is 0.159 e. The molecule has 2 aliphatic carbocycles. The van der Waals surface area contributed by atoms with E-state index in [2.05, 4.69) is 287 Å². The van der Waals surface area contributed by atoms with Crippen LogP contribution in [0.2, 0.25) is 0 Å². The SMILES string of the molecule is Cc1cccc2c3c(oc12)C1C2=C(C(C)C=CC2(C)c2cc(-c4ccccc4)ccc2N1c1ccc2ccc4c(N(c5ccc(-c6ccccc6)cc5-c5ccccc5)c5cccc6c5oc5c(C)cccc56)ccc5ccc1c2c54)C3C. The Kier molecular flexibility index (Phi) is 10.3. The molecule has 17 rings (SSSR count). The number of anilines is 5. The van der Waals surface area contributed by atoms with Gasteiger partial charge in [-0.3, -0.25) is 0 Å². The first kappa shape index (κ1) is 47.9. The second kappa shape index (κ2) is 17.8. The van der Waals surface area contributed by atoms with Crippen molar-refractivity contribution in [2.24, 2.45) is 5.92 Å². The Morgan fingerprint density at radius 3 is 1.73 bits per heavy atom. The molecule has 3 aliphatic rings. The van der Waals surface area contributed by atoms with Crippen LogP contribution in [0.4, 0.5) is 28.4 Å². The minimum absolute atomic E-state index is 0.161. The van der Waals surface area contributed by atoms with Crippen molar-refractivity contribution in [1.82, 2.24) is 0 Å². The van der Waals surface area contributed by atoms with E-state index in [0.29, 0.717) is 0 Å². The minimum Gasteiger partial charge on any atom is -0.458 e. The van der Waals surface area contributed by atoms with Crippen molar-refractivity contribution < 1.29 is 8.83 Å². The molecule has 12 aromatic carbocycles. The van der Waals surface area contributed by atoms with Crippen LogP contribution < -0.4 is 9.80 Å². The molecule has 83 heavy (non-hydrogen) atoms. The number of aryl methyl sites for hydroxylation is 2. The Morgan fingerprint density at radius 1 is 0.446 bits per heavy atom. The predicted molar refractivity (Wildman–Crippen MR) is 347 cm³/mol. The third-order valence-corrected chi connectivity index (χ3v) is 19.2. The lowest BCUT2D eigenvalue weighted by Gasteiger charge is -2.53. The zero-order valence-corrected chi connectivity index (χ0v) is 47.0. The van der Waals surface area contributed by atoms with Crippen LogP contribution in [0.3, 0.4) is 0 Å². The lowest BCUT2D eigenvalue weighted by Crippen LogP contribution is -2.45. The molecule has 0 bridgehead atoms. The Labute approximate surface area is 482 Å². The molecule has 0 saturated heterocycles. The number of furan rings is 2. The van der Waals surface area contributed by atoms with Crippen LogP contribution >= 0.6 is 0 Å². The fraction of sp³-hybridized carbons (Fsp3) is 0.114. The summed E-state index contributed by atoms with van der Waals surface area (Å²) in [4.78, 5) is 5.16. The van der Waals surface area contributed by atoms with Crippen molar-refractivity contribution >= 4 is 93.7 Å². The van der Waals surface area contributed by atoms with Crippen molar-refractivity contribution in [3.63, 3.8) is 0 Å². The first-order valence-electron chi connectivity index (χ1n) is 29.3. The number of benzene rings is 12. The van der Waals surface area contributed by atoms with Gasteiger partial charge >= 0.3 is 0 Å². The van der Waals surface area contributed by atoms with E-state index in [4.69, 9.17) is 8.83 Å². The van der Waals surface area contributed by atoms with Crippen molar-refractivity contribution in [2.75, 3.05) is 9.80 Å². The van der Waals surface area contributed by atoms with Gasteiger partial charge in [-0.15, -0.1) is 0 Å². The summed E-state index contributed by atoms with van der Waals surface area (Å²) in [6.07, 6.45) is 5.00. The second-order valence-electron chi connectivity index (χ2n) is 23.7. The van der Waals surface area contributed by atoms with Crippen molar-refractivity contribution in [3.05, 3.63) is 282 Å². The molecule has 0 fully saturated rings. The van der Waals surface area contributed by atoms with E-state index in [0.717, 1.165) is 89.2 Å². The van der Waals surface area contributed by atoms with Gasteiger partial charge in [0.05, 0.1) is 22.7 Å². The fourth-order valence-electron chi connectivity index (χ4n) is 15.3. The molecule has 4 nitrogen and oxygen atoms in total. The van der Waals surface area contributed by atoms with Crippen LogP contribution in [0.1, 0.15) is 60.7 Å². The molecule has 0 radical (unpaired) electrons. The summed E-state index contributed by atoms with van der Waals surface area (Å²) in [6, 6.07) is 85.1. The van der Waals surface area contributed by atoms with Crippen molar-refractivity contribution in [3.8, 4) is 33.4 Å². The zero-order chi connectivity index (χ0) is 55.4. The van der Waals surface area contributed by atoms with Crippen LogP contribution in [0.5, 0.6) is 0 Å². The Bertz CT molecular complexity index is 5060. The number of para-hydroxylation sites is 3. The number of rotatable bonds is 7. The maximum absolute atomic E-state index is 7.43. The van der Waals surface area contributed by atoms with E-state index in [1.165, 1.54) is 77.0 Å². The lowest BCUT2D eigenvalue weighted by molar-refractivity contribution is 0.436. The molecule has 396 valence electrons. The number of allylic oxidation sites excluding steroid dienone is 3. The molecule has 0 spiro atoms. The van der Waals surface area contributed by atoms with Gasteiger partial charge in [-0.25, -0.2) is 0 Å². The van der Waals surface area contributed by atoms with E-state index >= 15 is 0 Å². The highest BCUT2D eigenvalue weighted by molar-refractivity contribution is 6.28. The average molecular weight is 1070 g/mol. The first-order chi connectivity index (χ1) is 40.7. The Morgan fingerprint density at radius 2 is 1.01 bits per heavy atom. The zero-order valence-electron chi connectivity index (χ0n) is 47.0. The highest BCUT2D eigenvalue weighted by atomic mass is 16.3. The highest BCUT2D eigenvalue weighted by Crippen LogP contribution is 2.65. The van der Waals surface area contributed by atoms with Crippen molar-refractivity contribution in [2.45, 2.75) is 52.0 Å². The molecule has 4 unspecified atom stereocenters. The Hall–Kier alpha value is -9.90. The monoisotopic (exact) mass is 1070 g/mol. The van der Waals surface area contributed by atoms with Crippen molar-refractivity contribution in [1.29, 1.82) is 0 Å². The molecule has 4 atom stereocenters. The van der Waals surface area contributed by atoms with Gasteiger partial charge in [-0.1, -0.05) is 220 Å². The molecule has 0 saturated carbocycles. The maximum atomic E-state index is 7.43. The van der Waals surface area contributed by atoms with E-state index in [-0.39, 0.29) is 17.9 Å². The van der Waals surface area contributed by atoms with E-state index in [1.54, 1.807) is 0 Å². The summed E-state index contributed by atoms with van der Waals surface area (Å²) >= 11 is 0. The summed E-state index contributed by atoms with van der Waals surface area (Å²) in [6.45, 7) is 11.6. The van der Waals surface area contributed by atoms with Gasteiger partial charge in [0, 0.05) is 55.1 Å². The number of hydrogen-bond acceptors (Lipinski definition) is 4. The van der Waals surface area contributed by atoms with E-state index in [9.17, 15) is 0 Å². The normalized spacial score (nSPS) is 18.2. The summed E-state index contributed by atoms with van der Waals surface area (Å²) in [5.41, 5.74) is 22.7. The third kappa shape index (κ3) is 6.81.